The number of aryl methyl sites for hydroxylation is 2. The standard InChI is InChI=1S/C13H15NOS/c1-4-15-12-8-6-5-7-11(12)13-14-9(2)10(3)16-13/h5-8H,4H2,1-3H3. The maximum atomic E-state index is 5.61. The number of thiazole rings is 1. The minimum absolute atomic E-state index is 0.681. The van der Waals surface area contributed by atoms with Crippen LogP contribution in [0.25, 0.3) is 10.6 Å². The van der Waals surface area contributed by atoms with E-state index >= 15 is 0 Å². The fraction of sp³-hybridized carbons (Fsp3) is 0.308. The number of nitrogens with zero attached hydrogens (tertiary/aromatic N) is 1. The predicted octanol–water partition coefficient (Wildman–Crippen LogP) is 3.83. The molecule has 1 heterocycles. The molecule has 0 bridgehead atoms. The molecule has 3 heteroatoms. The number of aromatic nitrogens is 1. The quantitative estimate of drug-likeness (QED) is 0.804. The molecule has 0 fully saturated rings. The van der Waals surface area contributed by atoms with Crippen molar-refractivity contribution in [1.82, 2.24) is 4.98 Å². The lowest BCUT2D eigenvalue weighted by atomic mass is 10.2. The molecule has 0 spiro atoms. The van der Waals surface area contributed by atoms with Gasteiger partial charge < -0.3 is 4.74 Å². The molecule has 0 aliphatic rings. The van der Waals surface area contributed by atoms with Crippen LogP contribution in [0, 0.1) is 13.8 Å². The molecule has 16 heavy (non-hydrogen) atoms. The SMILES string of the molecule is CCOc1ccccc1-c1nc(C)c(C)s1. The van der Waals surface area contributed by atoms with Crippen molar-refractivity contribution in [2.75, 3.05) is 6.61 Å². The highest BCUT2D eigenvalue weighted by Crippen LogP contribution is 2.33. The second-order valence-electron chi connectivity index (χ2n) is 3.59. The zero-order valence-electron chi connectivity index (χ0n) is 9.78. The Kier molecular flexibility index (Phi) is 3.25. The van der Waals surface area contributed by atoms with Crippen LogP contribution in [0.4, 0.5) is 0 Å². The highest BCUT2D eigenvalue weighted by atomic mass is 32.1. The Labute approximate surface area is 99.9 Å². The van der Waals surface area contributed by atoms with Gasteiger partial charge in [-0.2, -0.15) is 0 Å². The first-order valence-corrected chi connectivity index (χ1v) is 6.20. The molecular formula is C13H15NOS. The van der Waals surface area contributed by atoms with Crippen LogP contribution >= 0.6 is 11.3 Å². The second kappa shape index (κ2) is 4.66. The highest BCUT2D eigenvalue weighted by Gasteiger charge is 2.10. The Hall–Kier alpha value is -1.35. The van der Waals surface area contributed by atoms with Crippen LogP contribution in [0.2, 0.25) is 0 Å². The lowest BCUT2D eigenvalue weighted by Gasteiger charge is -2.07. The normalized spacial score (nSPS) is 10.4. The van der Waals surface area contributed by atoms with Crippen LogP contribution in [0.5, 0.6) is 5.75 Å². The Bertz CT molecular complexity index is 471. The second-order valence-corrected chi connectivity index (χ2v) is 4.79. The molecule has 0 atom stereocenters. The molecule has 2 aromatic rings. The van der Waals surface area contributed by atoms with Gasteiger partial charge in [0.1, 0.15) is 10.8 Å². The van der Waals surface area contributed by atoms with Crippen molar-refractivity contribution in [2.45, 2.75) is 20.8 Å². The van der Waals surface area contributed by atoms with Crippen molar-refractivity contribution >= 4 is 11.3 Å². The maximum Gasteiger partial charge on any atom is 0.129 e. The van der Waals surface area contributed by atoms with Crippen molar-refractivity contribution < 1.29 is 4.74 Å². The van der Waals surface area contributed by atoms with Crippen LogP contribution in [0.15, 0.2) is 24.3 Å². The van der Waals surface area contributed by atoms with Gasteiger partial charge in [0.15, 0.2) is 0 Å². The van der Waals surface area contributed by atoms with Crippen LogP contribution < -0.4 is 4.74 Å². The molecule has 0 N–H and O–H groups in total. The molecule has 0 unspecified atom stereocenters. The number of hydrogen-bond donors (Lipinski definition) is 0. The van der Waals surface area contributed by atoms with Gasteiger partial charge in [-0.3, -0.25) is 0 Å². The summed E-state index contributed by atoms with van der Waals surface area (Å²) < 4.78 is 5.61. The van der Waals surface area contributed by atoms with E-state index in [2.05, 4.69) is 18.0 Å². The molecule has 0 saturated carbocycles. The summed E-state index contributed by atoms with van der Waals surface area (Å²) in [5.74, 6) is 0.916. The minimum atomic E-state index is 0.681. The Morgan fingerprint density at radius 1 is 1.25 bits per heavy atom. The highest BCUT2D eigenvalue weighted by molar-refractivity contribution is 7.15. The van der Waals surface area contributed by atoms with E-state index in [1.54, 1.807) is 11.3 Å². The molecule has 1 aromatic carbocycles. The summed E-state index contributed by atoms with van der Waals surface area (Å²) in [6, 6.07) is 8.05. The van der Waals surface area contributed by atoms with Gasteiger partial charge in [0.25, 0.3) is 0 Å². The van der Waals surface area contributed by atoms with Crippen LogP contribution in [-0.4, -0.2) is 11.6 Å². The number of hydrogen-bond acceptors (Lipinski definition) is 3. The van der Waals surface area contributed by atoms with Crippen molar-refractivity contribution in [3.63, 3.8) is 0 Å². The van der Waals surface area contributed by atoms with Crippen LogP contribution in [-0.2, 0) is 0 Å². The molecule has 0 radical (unpaired) electrons. The lowest BCUT2D eigenvalue weighted by Crippen LogP contribution is -1.93. The van der Waals surface area contributed by atoms with Crippen LogP contribution in [0.3, 0.4) is 0 Å². The van der Waals surface area contributed by atoms with Crippen molar-refractivity contribution in [2.24, 2.45) is 0 Å². The monoisotopic (exact) mass is 233 g/mol. The molecule has 0 amide bonds. The van der Waals surface area contributed by atoms with Gasteiger partial charge in [-0.25, -0.2) is 4.98 Å². The van der Waals surface area contributed by atoms with E-state index in [0.29, 0.717) is 6.61 Å². The average Bonchev–Trinajstić information content (AvgIpc) is 2.60. The van der Waals surface area contributed by atoms with E-state index in [9.17, 15) is 0 Å². The molecule has 0 aliphatic heterocycles. The third-order valence-electron chi connectivity index (χ3n) is 2.45. The summed E-state index contributed by atoms with van der Waals surface area (Å²) in [4.78, 5) is 5.83. The number of para-hydroxylation sites is 1. The fourth-order valence-corrected chi connectivity index (χ4v) is 2.46. The summed E-state index contributed by atoms with van der Waals surface area (Å²) in [7, 11) is 0. The van der Waals surface area contributed by atoms with E-state index in [1.807, 2.05) is 32.0 Å². The molecular weight excluding hydrogens is 218 g/mol. The molecule has 0 saturated heterocycles. The summed E-state index contributed by atoms with van der Waals surface area (Å²) in [5.41, 5.74) is 2.19. The molecule has 0 aliphatic carbocycles. The third-order valence-corrected chi connectivity index (χ3v) is 3.55. The molecule has 84 valence electrons. The molecule has 1 aromatic heterocycles. The van der Waals surface area contributed by atoms with Crippen molar-refractivity contribution in [3.8, 4) is 16.3 Å². The minimum Gasteiger partial charge on any atom is -0.493 e. The molecule has 2 rings (SSSR count). The van der Waals surface area contributed by atoms with Gasteiger partial charge in [-0.1, -0.05) is 12.1 Å². The number of benzene rings is 1. The summed E-state index contributed by atoms with van der Waals surface area (Å²) in [6.45, 7) is 6.81. The number of rotatable bonds is 3. The van der Waals surface area contributed by atoms with Crippen LogP contribution in [0.1, 0.15) is 17.5 Å². The van der Waals surface area contributed by atoms with E-state index in [-0.39, 0.29) is 0 Å². The van der Waals surface area contributed by atoms with E-state index in [0.717, 1.165) is 22.0 Å². The Morgan fingerprint density at radius 3 is 2.62 bits per heavy atom. The van der Waals surface area contributed by atoms with Gasteiger partial charge in [-0.15, -0.1) is 11.3 Å². The predicted molar refractivity (Wildman–Crippen MR) is 68.2 cm³/mol. The zero-order chi connectivity index (χ0) is 11.5. The Balaban J connectivity index is 2.46. The topological polar surface area (TPSA) is 22.1 Å². The van der Waals surface area contributed by atoms with E-state index < -0.39 is 0 Å². The first-order chi connectivity index (χ1) is 7.72. The van der Waals surface area contributed by atoms with Gasteiger partial charge in [0.2, 0.25) is 0 Å². The van der Waals surface area contributed by atoms with E-state index in [4.69, 9.17) is 4.74 Å². The third kappa shape index (κ3) is 2.09. The first-order valence-electron chi connectivity index (χ1n) is 5.38. The smallest absolute Gasteiger partial charge is 0.129 e. The van der Waals surface area contributed by atoms with Gasteiger partial charge >= 0.3 is 0 Å². The van der Waals surface area contributed by atoms with E-state index in [1.165, 1.54) is 4.88 Å². The summed E-state index contributed by atoms with van der Waals surface area (Å²) >= 11 is 1.72. The average molecular weight is 233 g/mol. The van der Waals surface area contributed by atoms with Gasteiger partial charge in [-0.05, 0) is 32.9 Å². The molecule has 2 nitrogen and oxygen atoms in total. The van der Waals surface area contributed by atoms with Crippen molar-refractivity contribution in [3.05, 3.63) is 34.8 Å². The number of ether oxygens (including phenoxy) is 1. The van der Waals surface area contributed by atoms with Gasteiger partial charge in [0.05, 0.1) is 17.9 Å². The lowest BCUT2D eigenvalue weighted by molar-refractivity contribution is 0.341. The maximum absolute atomic E-state index is 5.61. The Morgan fingerprint density at radius 2 is 2.00 bits per heavy atom. The summed E-state index contributed by atoms with van der Waals surface area (Å²) in [5, 5.41) is 1.04. The van der Waals surface area contributed by atoms with Crippen molar-refractivity contribution in [1.29, 1.82) is 0 Å². The largest absolute Gasteiger partial charge is 0.493 e. The van der Waals surface area contributed by atoms with Gasteiger partial charge in [0, 0.05) is 4.88 Å². The summed E-state index contributed by atoms with van der Waals surface area (Å²) in [6.07, 6.45) is 0. The fourth-order valence-electron chi connectivity index (χ4n) is 1.51. The zero-order valence-corrected chi connectivity index (χ0v) is 10.6. The first kappa shape index (κ1) is 11.1.